The summed E-state index contributed by atoms with van der Waals surface area (Å²) in [4.78, 5) is 43.2. The van der Waals surface area contributed by atoms with Crippen molar-refractivity contribution < 1.29 is 14.4 Å². The van der Waals surface area contributed by atoms with Crippen LogP contribution in [0.1, 0.15) is 53.6 Å². The largest absolute Gasteiger partial charge is 0.325 e. The van der Waals surface area contributed by atoms with Crippen LogP contribution in [0.5, 0.6) is 0 Å². The minimum Gasteiger partial charge on any atom is -0.325 e. The van der Waals surface area contributed by atoms with Gasteiger partial charge in [0, 0.05) is 17.7 Å². The van der Waals surface area contributed by atoms with Crippen LogP contribution < -0.4 is 11.0 Å². The first kappa shape index (κ1) is 14.5. The van der Waals surface area contributed by atoms with Crippen LogP contribution in [0.4, 0.5) is 0 Å². The molecule has 1 aliphatic rings. The predicted octanol–water partition coefficient (Wildman–Crippen LogP) is 1.21. The predicted molar refractivity (Wildman–Crippen MR) is 72.6 cm³/mol. The number of hydrogen-bond acceptors (Lipinski definition) is 4. The van der Waals surface area contributed by atoms with Gasteiger partial charge in [0.1, 0.15) is 5.56 Å². The number of ketones is 1. The number of carbonyl (C=O) groups excluding carboxylic acids is 2. The molecule has 6 nitrogen and oxygen atoms in total. The zero-order chi connectivity index (χ0) is 14.9. The average Bonchev–Trinajstić information content (AvgIpc) is 2.33. The molecular weight excluding hydrogens is 260 g/mol. The van der Waals surface area contributed by atoms with Gasteiger partial charge in [0.2, 0.25) is 0 Å². The number of Topliss-reactive ketones (excluding diaryl/α,β-unsaturated/α-hetero) is 1. The average molecular weight is 278 g/mol. The number of aromatic amines is 1. The molecule has 6 heteroatoms. The molecule has 0 fully saturated rings. The van der Waals surface area contributed by atoms with Crippen molar-refractivity contribution in [3.63, 3.8) is 0 Å². The van der Waals surface area contributed by atoms with Gasteiger partial charge in [0.05, 0.1) is 6.61 Å². The van der Waals surface area contributed by atoms with Crippen LogP contribution in [-0.2, 0) is 11.3 Å². The van der Waals surface area contributed by atoms with E-state index in [1.165, 1.54) is 6.07 Å². The number of hydroxylamine groups is 1. The van der Waals surface area contributed by atoms with Gasteiger partial charge in [0.15, 0.2) is 5.78 Å². The number of amides is 1. The van der Waals surface area contributed by atoms with Gasteiger partial charge in [0.25, 0.3) is 11.5 Å². The molecule has 1 heterocycles. The lowest BCUT2D eigenvalue weighted by Gasteiger charge is -2.29. The first-order valence-electron chi connectivity index (χ1n) is 6.55. The van der Waals surface area contributed by atoms with Gasteiger partial charge >= 0.3 is 0 Å². The van der Waals surface area contributed by atoms with Crippen LogP contribution >= 0.6 is 0 Å². The molecule has 1 aromatic heterocycles. The maximum atomic E-state index is 12.1. The number of hydrogen-bond donors (Lipinski definition) is 2. The van der Waals surface area contributed by atoms with Crippen LogP contribution in [0.3, 0.4) is 0 Å². The summed E-state index contributed by atoms with van der Waals surface area (Å²) in [6.07, 6.45) is 1.01. The van der Waals surface area contributed by atoms with Crippen molar-refractivity contribution in [2.45, 2.75) is 33.6 Å². The molecule has 0 aromatic carbocycles. The molecule has 0 saturated heterocycles. The zero-order valence-corrected chi connectivity index (χ0v) is 11.8. The van der Waals surface area contributed by atoms with E-state index in [0.717, 1.165) is 0 Å². The zero-order valence-electron chi connectivity index (χ0n) is 11.8. The van der Waals surface area contributed by atoms with Crippen LogP contribution in [0.25, 0.3) is 0 Å². The lowest BCUT2D eigenvalue weighted by atomic mass is 9.75. The Labute approximate surface area is 116 Å². The van der Waals surface area contributed by atoms with Crippen LogP contribution in [-0.4, -0.2) is 23.3 Å². The van der Waals surface area contributed by atoms with E-state index in [0.29, 0.717) is 30.7 Å². The first-order valence-corrected chi connectivity index (χ1v) is 6.55. The highest BCUT2D eigenvalue weighted by Gasteiger charge is 2.32. The van der Waals surface area contributed by atoms with Crippen LogP contribution in [0, 0.1) is 5.41 Å². The van der Waals surface area contributed by atoms with Crippen LogP contribution in [0.15, 0.2) is 10.9 Å². The van der Waals surface area contributed by atoms with Gasteiger partial charge in [-0.3, -0.25) is 19.2 Å². The van der Waals surface area contributed by atoms with E-state index in [9.17, 15) is 14.4 Å². The Bertz CT molecular complexity index is 616. The Morgan fingerprint density at radius 1 is 1.40 bits per heavy atom. The van der Waals surface area contributed by atoms with Gasteiger partial charge in [-0.25, -0.2) is 5.48 Å². The Kier molecular flexibility index (Phi) is 3.76. The fourth-order valence-corrected chi connectivity index (χ4v) is 2.39. The van der Waals surface area contributed by atoms with Crippen molar-refractivity contribution in [3.8, 4) is 0 Å². The number of H-pyrrole nitrogens is 1. The number of carbonyl (C=O) groups is 2. The third kappa shape index (κ3) is 2.80. The third-order valence-corrected chi connectivity index (χ3v) is 3.27. The van der Waals surface area contributed by atoms with Gasteiger partial charge in [-0.2, -0.15) is 0 Å². The molecule has 2 rings (SSSR count). The summed E-state index contributed by atoms with van der Waals surface area (Å²) in [5, 5.41) is 0. The van der Waals surface area contributed by atoms with Crippen molar-refractivity contribution in [1.29, 1.82) is 0 Å². The summed E-state index contributed by atoms with van der Waals surface area (Å²) in [5.41, 5.74) is 2.39. The molecule has 0 spiro atoms. The summed E-state index contributed by atoms with van der Waals surface area (Å²) in [6, 6.07) is 1.36. The second-order valence-corrected chi connectivity index (χ2v) is 5.71. The Morgan fingerprint density at radius 2 is 2.10 bits per heavy atom. The van der Waals surface area contributed by atoms with Gasteiger partial charge in [-0.15, -0.1) is 0 Å². The lowest BCUT2D eigenvalue weighted by Crippen LogP contribution is -2.34. The van der Waals surface area contributed by atoms with E-state index in [2.05, 4.69) is 10.5 Å². The Hall–Kier alpha value is -1.95. The number of fused-ring (bicyclic) bond motifs is 1. The summed E-state index contributed by atoms with van der Waals surface area (Å²) in [6.45, 7) is 5.95. The molecule has 0 unspecified atom stereocenters. The van der Waals surface area contributed by atoms with Crippen molar-refractivity contribution in [2.24, 2.45) is 5.41 Å². The SMILES string of the molecule is CCONC(=O)c1cc2c([nH]c1=O)CC(C)(C)CC2=O. The Morgan fingerprint density at radius 3 is 2.75 bits per heavy atom. The molecule has 108 valence electrons. The Balaban J connectivity index is 2.41. The van der Waals surface area contributed by atoms with E-state index in [-0.39, 0.29) is 16.8 Å². The van der Waals surface area contributed by atoms with Gasteiger partial charge < -0.3 is 4.98 Å². The van der Waals surface area contributed by atoms with Crippen molar-refractivity contribution in [3.05, 3.63) is 33.2 Å². The molecule has 20 heavy (non-hydrogen) atoms. The molecule has 2 N–H and O–H groups in total. The molecule has 1 amide bonds. The maximum Gasteiger partial charge on any atom is 0.280 e. The second kappa shape index (κ2) is 5.20. The van der Waals surface area contributed by atoms with E-state index in [1.807, 2.05) is 13.8 Å². The lowest BCUT2D eigenvalue weighted by molar-refractivity contribution is 0.0363. The highest BCUT2D eigenvalue weighted by Crippen LogP contribution is 2.33. The van der Waals surface area contributed by atoms with Crippen LogP contribution in [0.2, 0.25) is 0 Å². The number of rotatable bonds is 3. The van der Waals surface area contributed by atoms with E-state index in [1.54, 1.807) is 6.92 Å². The van der Waals surface area contributed by atoms with Gasteiger partial charge in [-0.1, -0.05) is 13.8 Å². The minimum absolute atomic E-state index is 0.0574. The summed E-state index contributed by atoms with van der Waals surface area (Å²) >= 11 is 0. The summed E-state index contributed by atoms with van der Waals surface area (Å²) in [5.74, 6) is -0.702. The first-order chi connectivity index (χ1) is 9.34. The molecule has 1 aliphatic carbocycles. The molecular formula is C14H18N2O4. The highest BCUT2D eigenvalue weighted by molar-refractivity contribution is 6.01. The van der Waals surface area contributed by atoms with E-state index < -0.39 is 11.5 Å². The number of aromatic nitrogens is 1. The smallest absolute Gasteiger partial charge is 0.280 e. The molecule has 0 aliphatic heterocycles. The fraction of sp³-hybridized carbons (Fsp3) is 0.500. The fourth-order valence-electron chi connectivity index (χ4n) is 2.39. The minimum atomic E-state index is -0.645. The number of pyridine rings is 1. The van der Waals surface area contributed by atoms with Crippen molar-refractivity contribution in [1.82, 2.24) is 10.5 Å². The normalized spacial score (nSPS) is 16.6. The van der Waals surface area contributed by atoms with Gasteiger partial charge in [-0.05, 0) is 24.8 Å². The second-order valence-electron chi connectivity index (χ2n) is 5.71. The molecule has 0 bridgehead atoms. The topological polar surface area (TPSA) is 88.3 Å². The van der Waals surface area contributed by atoms with Crippen molar-refractivity contribution >= 4 is 11.7 Å². The van der Waals surface area contributed by atoms with E-state index in [4.69, 9.17) is 4.84 Å². The molecule has 1 aromatic rings. The molecule has 0 radical (unpaired) electrons. The maximum absolute atomic E-state index is 12.1. The monoisotopic (exact) mass is 278 g/mol. The summed E-state index contributed by atoms with van der Waals surface area (Å²) in [7, 11) is 0. The quantitative estimate of drug-likeness (QED) is 0.813. The third-order valence-electron chi connectivity index (χ3n) is 3.27. The van der Waals surface area contributed by atoms with Crippen molar-refractivity contribution in [2.75, 3.05) is 6.61 Å². The molecule has 0 atom stereocenters. The highest BCUT2D eigenvalue weighted by atomic mass is 16.6. The number of nitrogens with one attached hydrogen (secondary N) is 2. The molecule has 0 saturated carbocycles. The summed E-state index contributed by atoms with van der Waals surface area (Å²) < 4.78 is 0. The van der Waals surface area contributed by atoms with E-state index >= 15 is 0 Å². The standard InChI is InChI=1S/C14H18N2O4/c1-4-20-16-13(19)9-5-8-10(15-12(9)18)6-14(2,3)7-11(8)17/h5H,4,6-7H2,1-3H3,(H,15,18)(H,16,19).